The van der Waals surface area contributed by atoms with Crippen LogP contribution < -0.4 is 0 Å². The highest BCUT2D eigenvalue weighted by Crippen LogP contribution is 2.25. The molecule has 12 heteroatoms. The largest absolute Gasteiger partial charge is 0.465 e. The van der Waals surface area contributed by atoms with Crippen LogP contribution in [0.3, 0.4) is 0 Å². The second-order valence-corrected chi connectivity index (χ2v) is 10.7. The zero-order valence-corrected chi connectivity index (χ0v) is 24.3. The van der Waals surface area contributed by atoms with Crippen LogP contribution in [0.25, 0.3) is 11.3 Å². The third-order valence-corrected chi connectivity index (χ3v) is 7.49. The van der Waals surface area contributed by atoms with Crippen molar-refractivity contribution in [2.24, 2.45) is 0 Å². The van der Waals surface area contributed by atoms with Crippen LogP contribution in [-0.4, -0.2) is 72.7 Å². The lowest BCUT2D eigenvalue weighted by molar-refractivity contribution is -0.188. The smallest absolute Gasteiger partial charge is 0.409 e. The lowest BCUT2D eigenvalue weighted by Crippen LogP contribution is -2.29. The third kappa shape index (κ3) is 6.96. The standard InChI is InChI=1S/C32H32N6O6/c1-22(43-30-4-2-3-15-42-30)31-33-13-14-36(31)19-27-16-28(44-35-27)25-10-7-23(8-11-25)5-6-24-9-12-26(34-17-24)18-37-21-38(32(40)41)20-29(37)39/h7-14,16-17,22,30H,2-4,15,18-21H2,1H3,(H,40,41)/t22-,30?/m0/s1. The van der Waals surface area contributed by atoms with Gasteiger partial charge in [0.25, 0.3) is 0 Å². The summed E-state index contributed by atoms with van der Waals surface area (Å²) in [6, 6.07) is 13.2. The Morgan fingerprint density at radius 3 is 2.64 bits per heavy atom. The average Bonchev–Trinajstić information content (AvgIpc) is 3.79. The van der Waals surface area contributed by atoms with Crippen molar-refractivity contribution < 1.29 is 28.7 Å². The fourth-order valence-corrected chi connectivity index (χ4v) is 5.13. The number of carbonyl (C=O) groups excluding carboxylic acids is 1. The van der Waals surface area contributed by atoms with E-state index in [-0.39, 0.29) is 38.1 Å². The van der Waals surface area contributed by atoms with E-state index in [9.17, 15) is 9.59 Å². The molecule has 1 N–H and O–H groups in total. The summed E-state index contributed by atoms with van der Waals surface area (Å²) >= 11 is 0. The van der Waals surface area contributed by atoms with Gasteiger partial charge in [0, 0.05) is 48.0 Å². The molecule has 44 heavy (non-hydrogen) atoms. The summed E-state index contributed by atoms with van der Waals surface area (Å²) in [6.07, 6.45) is 6.87. The van der Waals surface area contributed by atoms with Gasteiger partial charge in [0.15, 0.2) is 12.1 Å². The molecule has 0 saturated carbocycles. The lowest BCUT2D eigenvalue weighted by Gasteiger charge is -2.26. The predicted octanol–water partition coefficient (Wildman–Crippen LogP) is 4.27. The second-order valence-electron chi connectivity index (χ2n) is 10.7. The van der Waals surface area contributed by atoms with Crippen LogP contribution in [0.15, 0.2) is 65.6 Å². The number of aromatic nitrogens is 4. The number of pyridine rings is 1. The first-order valence-corrected chi connectivity index (χ1v) is 14.5. The van der Waals surface area contributed by atoms with Crippen molar-refractivity contribution in [3.63, 3.8) is 0 Å². The van der Waals surface area contributed by atoms with Gasteiger partial charge in [0.1, 0.15) is 30.8 Å². The molecule has 3 aromatic heterocycles. The molecule has 5 heterocycles. The first kappa shape index (κ1) is 29.1. The summed E-state index contributed by atoms with van der Waals surface area (Å²) in [4.78, 5) is 34.5. The highest BCUT2D eigenvalue weighted by atomic mass is 16.7. The third-order valence-electron chi connectivity index (χ3n) is 7.49. The van der Waals surface area contributed by atoms with Crippen molar-refractivity contribution in [3.05, 3.63) is 89.4 Å². The molecule has 0 aliphatic carbocycles. The van der Waals surface area contributed by atoms with Gasteiger partial charge >= 0.3 is 6.09 Å². The number of ether oxygens (including phenoxy) is 2. The summed E-state index contributed by atoms with van der Waals surface area (Å²) < 4.78 is 19.5. The molecule has 2 amide bonds. The molecule has 2 fully saturated rings. The molecule has 0 radical (unpaired) electrons. The van der Waals surface area contributed by atoms with E-state index in [0.717, 1.165) is 59.0 Å². The van der Waals surface area contributed by atoms with Crippen LogP contribution >= 0.6 is 0 Å². The van der Waals surface area contributed by atoms with E-state index in [0.29, 0.717) is 18.0 Å². The number of hydrogen-bond acceptors (Lipinski definition) is 8. The van der Waals surface area contributed by atoms with Gasteiger partial charge < -0.3 is 28.6 Å². The maximum atomic E-state index is 12.0. The second kappa shape index (κ2) is 13.1. The summed E-state index contributed by atoms with van der Waals surface area (Å²) in [7, 11) is 0. The van der Waals surface area contributed by atoms with E-state index in [1.807, 2.05) is 54.1 Å². The Morgan fingerprint density at radius 1 is 1.09 bits per heavy atom. The van der Waals surface area contributed by atoms with Gasteiger partial charge in [-0.1, -0.05) is 17.0 Å². The quantitative estimate of drug-likeness (QED) is 0.296. The molecule has 226 valence electrons. The topological polar surface area (TPSA) is 136 Å². The van der Waals surface area contributed by atoms with Gasteiger partial charge in [-0.25, -0.2) is 9.78 Å². The van der Waals surface area contributed by atoms with Gasteiger partial charge in [-0.2, -0.15) is 0 Å². The molecule has 1 aromatic carbocycles. The fraction of sp³-hybridized carbons (Fsp3) is 0.344. The van der Waals surface area contributed by atoms with Gasteiger partial charge in [0.2, 0.25) is 5.91 Å². The summed E-state index contributed by atoms with van der Waals surface area (Å²) in [5.41, 5.74) is 3.87. The first-order valence-electron chi connectivity index (χ1n) is 14.5. The summed E-state index contributed by atoms with van der Waals surface area (Å²) in [5, 5.41) is 13.3. The number of amides is 2. The number of benzene rings is 1. The predicted molar refractivity (Wildman–Crippen MR) is 157 cm³/mol. The Bertz CT molecular complexity index is 1660. The van der Waals surface area contributed by atoms with Crippen LogP contribution in [0.1, 0.15) is 60.6 Å². The lowest BCUT2D eigenvalue weighted by atomic mass is 10.1. The molecule has 12 nitrogen and oxygen atoms in total. The summed E-state index contributed by atoms with van der Waals surface area (Å²) in [6.45, 7) is 3.37. The van der Waals surface area contributed by atoms with Gasteiger partial charge in [-0.3, -0.25) is 14.7 Å². The maximum Gasteiger partial charge on any atom is 0.409 e. The van der Waals surface area contributed by atoms with Crippen LogP contribution in [0.5, 0.6) is 0 Å². The molecular weight excluding hydrogens is 564 g/mol. The Balaban J connectivity index is 1.04. The molecule has 0 spiro atoms. The van der Waals surface area contributed by atoms with E-state index in [1.165, 1.54) is 4.90 Å². The molecule has 1 unspecified atom stereocenters. The number of imidazole rings is 1. The van der Waals surface area contributed by atoms with Crippen molar-refractivity contribution in [1.29, 1.82) is 0 Å². The minimum absolute atomic E-state index is 0.0412. The molecule has 0 bridgehead atoms. The highest BCUT2D eigenvalue weighted by Gasteiger charge is 2.30. The molecule has 2 saturated heterocycles. The Morgan fingerprint density at radius 2 is 1.91 bits per heavy atom. The van der Waals surface area contributed by atoms with E-state index >= 15 is 0 Å². The van der Waals surface area contributed by atoms with E-state index in [1.54, 1.807) is 18.5 Å². The Kier molecular flexibility index (Phi) is 8.67. The molecular formula is C32H32N6O6. The van der Waals surface area contributed by atoms with Crippen LogP contribution in [0.4, 0.5) is 4.79 Å². The number of hydrogen-bond donors (Lipinski definition) is 1. The van der Waals surface area contributed by atoms with Gasteiger partial charge in [0.05, 0.1) is 18.8 Å². The molecule has 6 rings (SSSR count). The number of carboxylic acid groups (broad SMARTS) is 1. The summed E-state index contributed by atoms with van der Waals surface area (Å²) in [5.74, 6) is 7.46. The van der Waals surface area contributed by atoms with Crippen molar-refractivity contribution in [2.45, 2.75) is 51.7 Å². The van der Waals surface area contributed by atoms with Crippen molar-refractivity contribution in [2.75, 3.05) is 19.8 Å². The zero-order valence-electron chi connectivity index (χ0n) is 24.3. The minimum Gasteiger partial charge on any atom is -0.465 e. The van der Waals surface area contributed by atoms with Crippen LogP contribution in [0, 0.1) is 11.8 Å². The molecule has 2 atom stereocenters. The normalized spacial score (nSPS) is 17.4. The van der Waals surface area contributed by atoms with Crippen molar-refractivity contribution >= 4 is 12.0 Å². The monoisotopic (exact) mass is 596 g/mol. The van der Waals surface area contributed by atoms with E-state index < -0.39 is 6.09 Å². The minimum atomic E-state index is -1.11. The van der Waals surface area contributed by atoms with Crippen molar-refractivity contribution in [1.82, 2.24) is 29.5 Å². The number of carbonyl (C=O) groups is 2. The number of rotatable bonds is 8. The maximum absolute atomic E-state index is 12.0. The number of nitrogens with zero attached hydrogens (tertiary/aromatic N) is 6. The highest BCUT2D eigenvalue weighted by molar-refractivity contribution is 5.84. The first-order chi connectivity index (χ1) is 21.4. The van der Waals surface area contributed by atoms with Crippen molar-refractivity contribution in [3.8, 4) is 23.2 Å². The van der Waals surface area contributed by atoms with E-state index in [2.05, 4.69) is 27.0 Å². The van der Waals surface area contributed by atoms with E-state index in [4.69, 9.17) is 19.1 Å². The zero-order chi connectivity index (χ0) is 30.5. The molecule has 2 aliphatic rings. The van der Waals surface area contributed by atoms with Gasteiger partial charge in [-0.15, -0.1) is 0 Å². The van der Waals surface area contributed by atoms with Crippen LogP contribution in [0.2, 0.25) is 0 Å². The molecule has 4 aromatic rings. The van der Waals surface area contributed by atoms with Crippen LogP contribution in [-0.2, 0) is 27.4 Å². The Labute approximate surface area is 254 Å². The van der Waals surface area contributed by atoms with Gasteiger partial charge in [-0.05, 0) is 62.6 Å². The Hall–Kier alpha value is -4.99. The molecule has 2 aliphatic heterocycles. The fourth-order valence-electron chi connectivity index (χ4n) is 5.13. The average molecular weight is 597 g/mol. The SMILES string of the molecule is C[C@H](OC1CCCCO1)c1nccn1Cc1cc(-c2ccc(C#Cc3ccc(CN4CN(C(=O)O)CC4=O)nc3)cc2)on1.